The number of alkyl halides is 2. The zero-order valence-corrected chi connectivity index (χ0v) is 12.1. The maximum atomic E-state index is 13.0. The first-order valence-corrected chi connectivity index (χ1v) is 7.13. The van der Waals surface area contributed by atoms with E-state index in [0.29, 0.717) is 23.3 Å². The average molecular weight is 283 g/mol. The summed E-state index contributed by atoms with van der Waals surface area (Å²) < 4.78 is 25.9. The zero-order chi connectivity index (χ0) is 14.7. The fraction of sp³-hybridized carbons (Fsp3) is 0.600. The molecular formula is C15H23F2N3. The van der Waals surface area contributed by atoms with Gasteiger partial charge in [0.05, 0.1) is 0 Å². The van der Waals surface area contributed by atoms with Gasteiger partial charge in [0, 0.05) is 36.1 Å². The lowest BCUT2D eigenvalue weighted by Gasteiger charge is -2.20. The molecular weight excluding hydrogens is 260 g/mol. The first-order chi connectivity index (χ1) is 9.47. The Morgan fingerprint density at radius 1 is 1.40 bits per heavy atom. The minimum Gasteiger partial charge on any atom is -0.399 e. The normalized spacial score (nSPS) is 20.0. The second kappa shape index (κ2) is 6.39. The van der Waals surface area contributed by atoms with E-state index in [9.17, 15) is 8.78 Å². The Hall–Kier alpha value is -1.36. The van der Waals surface area contributed by atoms with Gasteiger partial charge in [-0.25, -0.2) is 8.78 Å². The lowest BCUT2D eigenvalue weighted by atomic mass is 10.1. The number of nitrogens with two attached hydrogens (primary N) is 1. The van der Waals surface area contributed by atoms with Crippen LogP contribution in [0, 0.1) is 5.92 Å². The van der Waals surface area contributed by atoms with Crippen LogP contribution in [0.3, 0.4) is 0 Å². The van der Waals surface area contributed by atoms with Crippen molar-refractivity contribution >= 4 is 11.4 Å². The first-order valence-electron chi connectivity index (χ1n) is 7.13. The fourth-order valence-electron chi connectivity index (χ4n) is 2.68. The highest BCUT2D eigenvalue weighted by Crippen LogP contribution is 2.29. The molecule has 3 N–H and O–H groups in total. The second-order valence-corrected chi connectivity index (χ2v) is 5.77. The number of anilines is 2. The summed E-state index contributed by atoms with van der Waals surface area (Å²) in [5.74, 6) is 0.514. The van der Waals surface area contributed by atoms with Crippen LogP contribution >= 0.6 is 0 Å². The Balaban J connectivity index is 1.95. The third-order valence-electron chi connectivity index (χ3n) is 3.94. The van der Waals surface area contributed by atoms with Gasteiger partial charge in [0.15, 0.2) is 0 Å². The summed E-state index contributed by atoms with van der Waals surface area (Å²) in [5.41, 5.74) is 6.43. The first kappa shape index (κ1) is 15.0. The summed E-state index contributed by atoms with van der Waals surface area (Å²) in [7, 11) is 0. The molecule has 1 heterocycles. The number of benzene rings is 1. The van der Waals surface area contributed by atoms with E-state index in [4.69, 9.17) is 5.73 Å². The van der Waals surface area contributed by atoms with Crippen LogP contribution in [0.2, 0.25) is 0 Å². The Kier molecular flexibility index (Phi) is 4.81. The molecule has 0 bridgehead atoms. The standard InChI is InChI=1S/C15H23F2N3/c1-10(2)20-6-5-11(9-20)8-19-14-4-3-12(18)7-13(14)15(16)17/h3-4,7,10-11,15,19H,5-6,8-9,18H2,1-2H3. The van der Waals surface area contributed by atoms with E-state index < -0.39 is 6.43 Å². The molecule has 5 heteroatoms. The lowest BCUT2D eigenvalue weighted by molar-refractivity contribution is 0.152. The van der Waals surface area contributed by atoms with Gasteiger partial charge in [-0.1, -0.05) is 0 Å². The van der Waals surface area contributed by atoms with E-state index in [1.165, 1.54) is 6.07 Å². The van der Waals surface area contributed by atoms with Crippen LogP contribution in [-0.4, -0.2) is 30.6 Å². The molecule has 0 amide bonds. The molecule has 0 aromatic heterocycles. The molecule has 1 aliphatic rings. The molecule has 1 saturated heterocycles. The van der Waals surface area contributed by atoms with Crippen molar-refractivity contribution in [3.05, 3.63) is 23.8 Å². The molecule has 1 unspecified atom stereocenters. The van der Waals surface area contributed by atoms with Crippen LogP contribution in [0.25, 0.3) is 0 Å². The van der Waals surface area contributed by atoms with E-state index in [-0.39, 0.29) is 5.56 Å². The number of hydrogen-bond acceptors (Lipinski definition) is 3. The van der Waals surface area contributed by atoms with Crippen molar-refractivity contribution in [1.29, 1.82) is 0 Å². The van der Waals surface area contributed by atoms with Gasteiger partial charge < -0.3 is 16.0 Å². The van der Waals surface area contributed by atoms with Gasteiger partial charge in [-0.3, -0.25) is 0 Å². The van der Waals surface area contributed by atoms with Crippen molar-refractivity contribution in [2.75, 3.05) is 30.7 Å². The van der Waals surface area contributed by atoms with E-state index in [1.54, 1.807) is 12.1 Å². The molecule has 1 atom stereocenters. The zero-order valence-electron chi connectivity index (χ0n) is 12.1. The highest BCUT2D eigenvalue weighted by molar-refractivity contribution is 5.58. The van der Waals surface area contributed by atoms with Crippen LogP contribution in [0.1, 0.15) is 32.3 Å². The minimum atomic E-state index is -2.50. The third-order valence-corrected chi connectivity index (χ3v) is 3.94. The number of likely N-dealkylation sites (tertiary alicyclic amines) is 1. The van der Waals surface area contributed by atoms with Crippen LogP contribution in [0.4, 0.5) is 20.2 Å². The molecule has 1 fully saturated rings. The van der Waals surface area contributed by atoms with Gasteiger partial charge in [0.1, 0.15) is 0 Å². The predicted octanol–water partition coefficient (Wildman–Crippen LogP) is 3.35. The number of nitrogens with one attached hydrogen (secondary N) is 1. The Morgan fingerprint density at radius 3 is 2.75 bits per heavy atom. The van der Waals surface area contributed by atoms with Crippen molar-refractivity contribution in [3.8, 4) is 0 Å². The van der Waals surface area contributed by atoms with Crippen molar-refractivity contribution in [1.82, 2.24) is 4.90 Å². The summed E-state index contributed by atoms with van der Waals surface area (Å²) in [6.45, 7) is 7.22. The van der Waals surface area contributed by atoms with E-state index in [1.807, 2.05) is 0 Å². The molecule has 1 aliphatic heterocycles. The maximum Gasteiger partial charge on any atom is 0.265 e. The number of nitrogens with zero attached hydrogens (tertiary/aromatic N) is 1. The Bertz CT molecular complexity index is 449. The smallest absolute Gasteiger partial charge is 0.265 e. The minimum absolute atomic E-state index is 0.0105. The monoisotopic (exact) mass is 283 g/mol. The van der Waals surface area contributed by atoms with Crippen molar-refractivity contribution in [2.24, 2.45) is 5.92 Å². The maximum absolute atomic E-state index is 13.0. The van der Waals surface area contributed by atoms with E-state index >= 15 is 0 Å². The number of hydrogen-bond donors (Lipinski definition) is 2. The SMILES string of the molecule is CC(C)N1CCC(CNc2ccc(N)cc2C(F)F)C1. The van der Waals surface area contributed by atoms with Gasteiger partial charge in [-0.15, -0.1) is 0 Å². The predicted molar refractivity (Wildman–Crippen MR) is 79.1 cm³/mol. The lowest BCUT2D eigenvalue weighted by Crippen LogP contribution is -2.29. The molecule has 0 radical (unpaired) electrons. The quantitative estimate of drug-likeness (QED) is 0.814. The number of halogens is 2. The van der Waals surface area contributed by atoms with Crippen molar-refractivity contribution in [2.45, 2.75) is 32.7 Å². The van der Waals surface area contributed by atoms with Crippen LogP contribution < -0.4 is 11.1 Å². The molecule has 2 rings (SSSR count). The van der Waals surface area contributed by atoms with E-state index in [2.05, 4.69) is 24.1 Å². The van der Waals surface area contributed by atoms with Crippen LogP contribution in [0.15, 0.2) is 18.2 Å². The molecule has 1 aromatic carbocycles. The van der Waals surface area contributed by atoms with Gasteiger partial charge in [-0.05, 0) is 50.9 Å². The van der Waals surface area contributed by atoms with Crippen LogP contribution in [-0.2, 0) is 0 Å². The molecule has 1 aromatic rings. The topological polar surface area (TPSA) is 41.3 Å². The summed E-state index contributed by atoms with van der Waals surface area (Å²) in [5, 5.41) is 3.16. The fourth-order valence-corrected chi connectivity index (χ4v) is 2.68. The molecule has 0 saturated carbocycles. The number of nitrogen functional groups attached to an aromatic ring is 1. The van der Waals surface area contributed by atoms with E-state index in [0.717, 1.165) is 26.1 Å². The van der Waals surface area contributed by atoms with Crippen LogP contribution in [0.5, 0.6) is 0 Å². The summed E-state index contributed by atoms with van der Waals surface area (Å²) in [6.07, 6.45) is -1.39. The van der Waals surface area contributed by atoms with Crippen molar-refractivity contribution < 1.29 is 8.78 Å². The average Bonchev–Trinajstić information content (AvgIpc) is 2.86. The highest BCUT2D eigenvalue weighted by atomic mass is 19.3. The Labute approximate surface area is 119 Å². The number of rotatable bonds is 5. The largest absolute Gasteiger partial charge is 0.399 e. The van der Waals surface area contributed by atoms with Crippen molar-refractivity contribution in [3.63, 3.8) is 0 Å². The van der Waals surface area contributed by atoms with Gasteiger partial charge in [0.25, 0.3) is 6.43 Å². The molecule has 0 aliphatic carbocycles. The second-order valence-electron chi connectivity index (χ2n) is 5.77. The highest BCUT2D eigenvalue weighted by Gasteiger charge is 2.24. The molecule has 0 spiro atoms. The van der Waals surface area contributed by atoms with Gasteiger partial charge in [0.2, 0.25) is 0 Å². The molecule has 20 heavy (non-hydrogen) atoms. The summed E-state index contributed by atoms with van der Waals surface area (Å²) >= 11 is 0. The summed E-state index contributed by atoms with van der Waals surface area (Å²) in [6, 6.07) is 5.20. The third kappa shape index (κ3) is 3.60. The molecule has 3 nitrogen and oxygen atoms in total. The van der Waals surface area contributed by atoms with Gasteiger partial charge in [-0.2, -0.15) is 0 Å². The van der Waals surface area contributed by atoms with Gasteiger partial charge >= 0.3 is 0 Å². The Morgan fingerprint density at radius 2 is 2.15 bits per heavy atom. The molecule has 112 valence electrons. The summed E-state index contributed by atoms with van der Waals surface area (Å²) in [4.78, 5) is 2.42.